The molecule has 0 radical (unpaired) electrons. The molecule has 0 unspecified atom stereocenters. The molecule has 1 heterocycles. The number of benzene rings is 1. The molecule has 0 fully saturated rings. The first-order chi connectivity index (χ1) is 8.11. The highest BCUT2D eigenvalue weighted by Gasteiger charge is 2.19. The molecule has 0 spiro atoms. The second kappa shape index (κ2) is 5.19. The summed E-state index contributed by atoms with van der Waals surface area (Å²) >= 11 is 0. The number of rotatable bonds is 5. The lowest BCUT2D eigenvalue weighted by molar-refractivity contribution is 0.248. The summed E-state index contributed by atoms with van der Waals surface area (Å²) in [4.78, 5) is 2.54. The van der Waals surface area contributed by atoms with Crippen LogP contribution >= 0.6 is 0 Å². The van der Waals surface area contributed by atoms with Crippen molar-refractivity contribution in [1.29, 1.82) is 0 Å². The van der Waals surface area contributed by atoms with E-state index < -0.39 is 0 Å². The smallest absolute Gasteiger partial charge is 0.0240 e. The largest absolute Gasteiger partial charge is 0.330 e. The highest BCUT2D eigenvalue weighted by molar-refractivity contribution is 5.30. The predicted octanol–water partition coefficient (Wildman–Crippen LogP) is 2.77. The maximum absolute atomic E-state index is 5.76. The molecule has 0 aromatic heterocycles. The van der Waals surface area contributed by atoms with E-state index in [2.05, 4.69) is 43.0 Å². The molecule has 2 rings (SSSR count). The molecule has 1 aliphatic rings. The molecule has 17 heavy (non-hydrogen) atoms. The molecular weight excluding hydrogens is 208 g/mol. The minimum absolute atomic E-state index is 0.298. The Morgan fingerprint density at radius 2 is 1.76 bits per heavy atom. The summed E-state index contributed by atoms with van der Waals surface area (Å²) in [6, 6.07) is 8.78. The van der Waals surface area contributed by atoms with Gasteiger partial charge in [0, 0.05) is 13.1 Å². The molecule has 0 atom stereocenters. The van der Waals surface area contributed by atoms with Crippen molar-refractivity contribution in [2.24, 2.45) is 11.1 Å². The van der Waals surface area contributed by atoms with Crippen LogP contribution in [0, 0.1) is 5.41 Å². The molecular formula is C15H24N2. The fraction of sp³-hybridized carbons (Fsp3) is 0.600. The van der Waals surface area contributed by atoms with Crippen molar-refractivity contribution < 1.29 is 0 Å². The van der Waals surface area contributed by atoms with Crippen molar-refractivity contribution >= 4 is 0 Å². The van der Waals surface area contributed by atoms with E-state index in [0.29, 0.717) is 5.41 Å². The standard InChI is InChI=1S/C15H24N2/c1-15(2,12-16)8-5-9-17-10-13-6-3-4-7-14(13)11-17/h3-4,6-7H,5,8-12,16H2,1-2H3. The van der Waals surface area contributed by atoms with Crippen molar-refractivity contribution in [3.05, 3.63) is 35.4 Å². The number of hydrogen-bond acceptors (Lipinski definition) is 2. The molecule has 2 N–H and O–H groups in total. The van der Waals surface area contributed by atoms with Gasteiger partial charge in [0.15, 0.2) is 0 Å². The Hall–Kier alpha value is -0.860. The van der Waals surface area contributed by atoms with E-state index in [0.717, 1.165) is 19.6 Å². The SMILES string of the molecule is CC(C)(CN)CCCN1Cc2ccccc2C1. The van der Waals surface area contributed by atoms with Crippen LogP contribution in [0.25, 0.3) is 0 Å². The van der Waals surface area contributed by atoms with E-state index in [9.17, 15) is 0 Å². The van der Waals surface area contributed by atoms with Crippen LogP contribution < -0.4 is 5.73 Å². The van der Waals surface area contributed by atoms with Crippen LogP contribution in [0.5, 0.6) is 0 Å². The minimum Gasteiger partial charge on any atom is -0.330 e. The summed E-state index contributed by atoms with van der Waals surface area (Å²) < 4.78 is 0. The quantitative estimate of drug-likeness (QED) is 0.846. The van der Waals surface area contributed by atoms with Gasteiger partial charge in [-0.05, 0) is 42.5 Å². The number of nitrogens with two attached hydrogens (primary N) is 1. The lowest BCUT2D eigenvalue weighted by Gasteiger charge is -2.23. The van der Waals surface area contributed by atoms with Crippen LogP contribution in [0.1, 0.15) is 37.8 Å². The van der Waals surface area contributed by atoms with Gasteiger partial charge in [0.05, 0.1) is 0 Å². The zero-order valence-electron chi connectivity index (χ0n) is 11.1. The van der Waals surface area contributed by atoms with Crippen molar-refractivity contribution in [2.75, 3.05) is 13.1 Å². The average Bonchev–Trinajstić information content (AvgIpc) is 2.71. The fourth-order valence-corrected chi connectivity index (χ4v) is 2.45. The summed E-state index contributed by atoms with van der Waals surface area (Å²) in [5.74, 6) is 0. The van der Waals surface area contributed by atoms with Gasteiger partial charge in [-0.3, -0.25) is 4.90 Å². The van der Waals surface area contributed by atoms with Gasteiger partial charge in [-0.1, -0.05) is 38.1 Å². The first-order valence-electron chi connectivity index (χ1n) is 6.60. The van der Waals surface area contributed by atoms with E-state index in [-0.39, 0.29) is 0 Å². The van der Waals surface area contributed by atoms with Gasteiger partial charge in [0.25, 0.3) is 0 Å². The highest BCUT2D eigenvalue weighted by atomic mass is 15.1. The zero-order valence-corrected chi connectivity index (χ0v) is 11.1. The molecule has 94 valence electrons. The minimum atomic E-state index is 0.298. The van der Waals surface area contributed by atoms with Crippen LogP contribution in [0.2, 0.25) is 0 Å². The second-order valence-corrected chi connectivity index (χ2v) is 5.95. The normalized spacial score (nSPS) is 16.2. The molecule has 2 heteroatoms. The van der Waals surface area contributed by atoms with Crippen LogP contribution in [0.3, 0.4) is 0 Å². The van der Waals surface area contributed by atoms with Gasteiger partial charge >= 0.3 is 0 Å². The third-order valence-electron chi connectivity index (χ3n) is 3.79. The van der Waals surface area contributed by atoms with E-state index in [1.54, 1.807) is 0 Å². The van der Waals surface area contributed by atoms with E-state index >= 15 is 0 Å². The van der Waals surface area contributed by atoms with Gasteiger partial charge in [-0.15, -0.1) is 0 Å². The Morgan fingerprint density at radius 1 is 1.18 bits per heavy atom. The summed E-state index contributed by atoms with van der Waals surface area (Å²) in [6.07, 6.45) is 2.47. The molecule has 1 aliphatic heterocycles. The lowest BCUT2D eigenvalue weighted by Crippen LogP contribution is -2.25. The summed E-state index contributed by atoms with van der Waals surface area (Å²) in [7, 11) is 0. The topological polar surface area (TPSA) is 29.3 Å². The molecule has 0 aliphatic carbocycles. The molecule has 0 saturated heterocycles. The Bertz CT molecular complexity index is 346. The summed E-state index contributed by atoms with van der Waals surface area (Å²) in [6.45, 7) is 8.74. The van der Waals surface area contributed by atoms with Gasteiger partial charge in [0.2, 0.25) is 0 Å². The number of fused-ring (bicyclic) bond motifs is 1. The highest BCUT2D eigenvalue weighted by Crippen LogP contribution is 2.24. The zero-order chi connectivity index (χ0) is 12.3. The van der Waals surface area contributed by atoms with Gasteiger partial charge in [0.1, 0.15) is 0 Å². The number of hydrogen-bond donors (Lipinski definition) is 1. The van der Waals surface area contributed by atoms with Crippen LogP contribution in [-0.2, 0) is 13.1 Å². The van der Waals surface area contributed by atoms with Gasteiger partial charge in [-0.2, -0.15) is 0 Å². The number of nitrogens with zero attached hydrogens (tertiary/aromatic N) is 1. The second-order valence-electron chi connectivity index (χ2n) is 5.95. The summed E-state index contributed by atoms with van der Waals surface area (Å²) in [5, 5.41) is 0. The van der Waals surface area contributed by atoms with E-state index in [4.69, 9.17) is 5.73 Å². The molecule has 0 bridgehead atoms. The molecule has 0 saturated carbocycles. The van der Waals surface area contributed by atoms with Gasteiger partial charge < -0.3 is 5.73 Å². The Balaban J connectivity index is 1.77. The Labute approximate surface area is 105 Å². The van der Waals surface area contributed by atoms with E-state index in [1.165, 1.54) is 30.5 Å². The molecule has 0 amide bonds. The molecule has 1 aromatic carbocycles. The molecule has 2 nitrogen and oxygen atoms in total. The Morgan fingerprint density at radius 3 is 2.29 bits per heavy atom. The van der Waals surface area contributed by atoms with Gasteiger partial charge in [-0.25, -0.2) is 0 Å². The van der Waals surface area contributed by atoms with E-state index in [1.807, 2.05) is 0 Å². The van der Waals surface area contributed by atoms with Crippen molar-refractivity contribution in [1.82, 2.24) is 4.90 Å². The first kappa shape index (κ1) is 12.6. The van der Waals surface area contributed by atoms with Crippen LogP contribution in [0.15, 0.2) is 24.3 Å². The fourth-order valence-electron chi connectivity index (χ4n) is 2.45. The third-order valence-corrected chi connectivity index (χ3v) is 3.79. The van der Waals surface area contributed by atoms with Crippen LogP contribution in [-0.4, -0.2) is 18.0 Å². The maximum atomic E-state index is 5.76. The third kappa shape index (κ3) is 3.30. The molecule has 1 aromatic rings. The van der Waals surface area contributed by atoms with Crippen LogP contribution in [0.4, 0.5) is 0 Å². The average molecular weight is 232 g/mol. The first-order valence-corrected chi connectivity index (χ1v) is 6.60. The predicted molar refractivity (Wildman–Crippen MR) is 72.6 cm³/mol. The van der Waals surface area contributed by atoms with Crippen molar-refractivity contribution in [3.8, 4) is 0 Å². The van der Waals surface area contributed by atoms with Crippen molar-refractivity contribution in [3.63, 3.8) is 0 Å². The van der Waals surface area contributed by atoms with Crippen molar-refractivity contribution in [2.45, 2.75) is 39.8 Å². The summed E-state index contributed by atoms with van der Waals surface area (Å²) in [5.41, 5.74) is 9.06. The Kier molecular flexibility index (Phi) is 3.85. The maximum Gasteiger partial charge on any atom is 0.0240 e. The lowest BCUT2D eigenvalue weighted by atomic mass is 9.88. The monoisotopic (exact) mass is 232 g/mol.